The van der Waals surface area contributed by atoms with Crippen molar-refractivity contribution in [2.75, 3.05) is 19.6 Å². The smallest absolute Gasteiger partial charge is 0.257 e. The normalized spacial score (nSPS) is 20.8. The Morgan fingerprint density at radius 1 is 1.27 bits per heavy atom. The van der Waals surface area contributed by atoms with Gasteiger partial charge < -0.3 is 4.90 Å². The monoisotopic (exact) mass is 352 g/mol. The van der Waals surface area contributed by atoms with Crippen molar-refractivity contribution in [3.8, 4) is 0 Å². The van der Waals surface area contributed by atoms with Crippen molar-refractivity contribution in [2.24, 2.45) is 0 Å². The van der Waals surface area contributed by atoms with Gasteiger partial charge in [0.1, 0.15) is 0 Å². The summed E-state index contributed by atoms with van der Waals surface area (Å²) in [4.78, 5) is 17.6. The molecular formula is C21H28N4O. The number of benzene rings is 1. The Kier molecular flexibility index (Phi) is 5.07. The standard InChI is InChI=1S/C21H28N4O/c1-2-6-20-19(13-22-23-20)21(26)25-11-5-9-18(15-25)24-12-10-16-7-3-4-8-17(16)14-24/h3-4,7-8,13,18H,2,5-6,9-12,14-15H2,1H3,(H,22,23)/t18-/m0/s1. The number of aromatic amines is 1. The summed E-state index contributed by atoms with van der Waals surface area (Å²) in [5, 5.41) is 7.11. The fourth-order valence-corrected chi connectivity index (χ4v) is 4.37. The Labute approximate surface area is 155 Å². The van der Waals surface area contributed by atoms with E-state index in [1.54, 1.807) is 6.20 Å². The summed E-state index contributed by atoms with van der Waals surface area (Å²) >= 11 is 0. The molecule has 0 radical (unpaired) electrons. The van der Waals surface area contributed by atoms with Crippen LogP contribution in [0, 0.1) is 0 Å². The quantitative estimate of drug-likeness (QED) is 0.920. The first-order valence-electron chi connectivity index (χ1n) is 9.88. The number of hydrogen-bond donors (Lipinski definition) is 1. The number of H-pyrrole nitrogens is 1. The molecule has 5 heteroatoms. The molecule has 1 atom stereocenters. The van der Waals surface area contributed by atoms with Crippen molar-refractivity contribution in [3.05, 3.63) is 52.8 Å². The lowest BCUT2D eigenvalue weighted by atomic mass is 9.95. The molecule has 0 unspecified atom stereocenters. The Balaban J connectivity index is 1.45. The number of nitrogens with one attached hydrogen (secondary N) is 1. The predicted molar refractivity (Wildman–Crippen MR) is 102 cm³/mol. The van der Waals surface area contributed by atoms with Crippen LogP contribution in [0.4, 0.5) is 0 Å². The predicted octanol–water partition coefficient (Wildman–Crippen LogP) is 3.03. The molecule has 0 saturated carbocycles. The van der Waals surface area contributed by atoms with Gasteiger partial charge in [0.05, 0.1) is 11.8 Å². The number of amides is 1. The number of nitrogens with zero attached hydrogens (tertiary/aromatic N) is 3. The van der Waals surface area contributed by atoms with Gasteiger partial charge in [-0.2, -0.15) is 5.10 Å². The fourth-order valence-electron chi connectivity index (χ4n) is 4.37. The molecule has 0 bridgehead atoms. The van der Waals surface area contributed by atoms with Crippen LogP contribution in [0.15, 0.2) is 30.5 Å². The van der Waals surface area contributed by atoms with Gasteiger partial charge in [0.15, 0.2) is 0 Å². The number of carbonyl (C=O) groups is 1. The van der Waals surface area contributed by atoms with Crippen LogP contribution in [0.5, 0.6) is 0 Å². The Hall–Kier alpha value is -2.14. The molecule has 0 spiro atoms. The zero-order valence-corrected chi connectivity index (χ0v) is 15.6. The van der Waals surface area contributed by atoms with Crippen molar-refractivity contribution >= 4 is 5.91 Å². The summed E-state index contributed by atoms with van der Waals surface area (Å²) in [6.07, 6.45) is 6.96. The van der Waals surface area contributed by atoms with E-state index in [1.165, 1.54) is 17.5 Å². The lowest BCUT2D eigenvalue weighted by Crippen LogP contribution is -2.51. The van der Waals surface area contributed by atoms with E-state index in [-0.39, 0.29) is 5.91 Å². The zero-order valence-electron chi connectivity index (χ0n) is 15.6. The summed E-state index contributed by atoms with van der Waals surface area (Å²) < 4.78 is 0. The molecule has 5 nitrogen and oxygen atoms in total. The van der Waals surface area contributed by atoms with Gasteiger partial charge in [-0.15, -0.1) is 0 Å². The van der Waals surface area contributed by atoms with E-state index in [0.29, 0.717) is 6.04 Å². The number of fused-ring (bicyclic) bond motifs is 1. The van der Waals surface area contributed by atoms with Crippen LogP contribution in [-0.2, 0) is 19.4 Å². The number of hydrogen-bond acceptors (Lipinski definition) is 3. The van der Waals surface area contributed by atoms with Crippen molar-refractivity contribution in [1.82, 2.24) is 20.0 Å². The van der Waals surface area contributed by atoms with Gasteiger partial charge in [-0.3, -0.25) is 14.8 Å². The third-order valence-corrected chi connectivity index (χ3v) is 5.81. The van der Waals surface area contributed by atoms with Crippen LogP contribution in [0.2, 0.25) is 0 Å². The first kappa shape index (κ1) is 17.3. The number of aryl methyl sites for hydroxylation is 1. The molecular weight excluding hydrogens is 324 g/mol. The van der Waals surface area contributed by atoms with E-state index in [4.69, 9.17) is 0 Å². The average molecular weight is 352 g/mol. The summed E-state index contributed by atoms with van der Waals surface area (Å²) in [5.74, 6) is 0.143. The van der Waals surface area contributed by atoms with E-state index >= 15 is 0 Å². The minimum absolute atomic E-state index is 0.143. The van der Waals surface area contributed by atoms with Crippen molar-refractivity contribution in [1.29, 1.82) is 0 Å². The molecule has 1 fully saturated rings. The number of likely N-dealkylation sites (tertiary alicyclic amines) is 1. The number of aromatic nitrogens is 2. The van der Waals surface area contributed by atoms with E-state index in [9.17, 15) is 4.79 Å². The highest BCUT2D eigenvalue weighted by Crippen LogP contribution is 2.25. The third kappa shape index (κ3) is 3.40. The van der Waals surface area contributed by atoms with Crippen LogP contribution >= 0.6 is 0 Å². The highest BCUT2D eigenvalue weighted by Gasteiger charge is 2.31. The van der Waals surface area contributed by atoms with Crippen LogP contribution < -0.4 is 0 Å². The van der Waals surface area contributed by atoms with Gasteiger partial charge >= 0.3 is 0 Å². The Morgan fingerprint density at radius 2 is 2.12 bits per heavy atom. The summed E-state index contributed by atoms with van der Waals surface area (Å²) in [5.41, 5.74) is 4.67. The molecule has 138 valence electrons. The van der Waals surface area contributed by atoms with E-state index in [2.05, 4.69) is 46.3 Å². The highest BCUT2D eigenvalue weighted by atomic mass is 16.2. The summed E-state index contributed by atoms with van der Waals surface area (Å²) in [6.45, 7) is 5.92. The molecule has 0 aliphatic carbocycles. The molecule has 2 aliphatic rings. The van der Waals surface area contributed by atoms with Crippen LogP contribution in [-0.4, -0.2) is 51.6 Å². The maximum absolute atomic E-state index is 13.0. The number of rotatable bonds is 4. The highest BCUT2D eigenvalue weighted by molar-refractivity contribution is 5.95. The van der Waals surface area contributed by atoms with Crippen LogP contribution in [0.25, 0.3) is 0 Å². The summed E-state index contributed by atoms with van der Waals surface area (Å²) in [7, 11) is 0. The second-order valence-corrected chi connectivity index (χ2v) is 7.55. The molecule has 1 saturated heterocycles. The molecule has 1 aromatic heterocycles. The lowest BCUT2D eigenvalue weighted by Gasteiger charge is -2.41. The molecule has 1 aromatic carbocycles. The first-order chi connectivity index (χ1) is 12.8. The van der Waals surface area contributed by atoms with Gasteiger partial charge in [-0.05, 0) is 36.8 Å². The average Bonchev–Trinajstić information content (AvgIpc) is 3.16. The molecule has 26 heavy (non-hydrogen) atoms. The molecule has 2 aliphatic heterocycles. The molecule has 1 amide bonds. The maximum atomic E-state index is 13.0. The topological polar surface area (TPSA) is 52.2 Å². The Bertz CT molecular complexity index is 769. The SMILES string of the molecule is CCCc1[nH]ncc1C(=O)N1CCC[C@H](N2CCc3ccccc3C2)C1. The van der Waals surface area contributed by atoms with Crippen molar-refractivity contribution < 1.29 is 4.79 Å². The second-order valence-electron chi connectivity index (χ2n) is 7.55. The van der Waals surface area contributed by atoms with Gasteiger partial charge in [0.2, 0.25) is 0 Å². The summed E-state index contributed by atoms with van der Waals surface area (Å²) in [6, 6.07) is 9.22. The van der Waals surface area contributed by atoms with Gasteiger partial charge in [-0.25, -0.2) is 0 Å². The third-order valence-electron chi connectivity index (χ3n) is 5.81. The molecule has 2 aromatic rings. The van der Waals surface area contributed by atoms with Crippen LogP contribution in [0.3, 0.4) is 0 Å². The van der Waals surface area contributed by atoms with Gasteiger partial charge in [0.25, 0.3) is 5.91 Å². The molecule has 3 heterocycles. The van der Waals surface area contributed by atoms with E-state index in [0.717, 1.165) is 63.1 Å². The largest absolute Gasteiger partial charge is 0.337 e. The molecule has 1 N–H and O–H groups in total. The van der Waals surface area contributed by atoms with E-state index < -0.39 is 0 Å². The lowest BCUT2D eigenvalue weighted by molar-refractivity contribution is 0.0548. The number of carbonyl (C=O) groups excluding carboxylic acids is 1. The second kappa shape index (κ2) is 7.62. The van der Waals surface area contributed by atoms with Crippen molar-refractivity contribution in [2.45, 2.75) is 51.6 Å². The van der Waals surface area contributed by atoms with Crippen LogP contribution in [0.1, 0.15) is 53.4 Å². The van der Waals surface area contributed by atoms with Gasteiger partial charge in [-0.1, -0.05) is 37.6 Å². The van der Waals surface area contributed by atoms with Crippen molar-refractivity contribution in [3.63, 3.8) is 0 Å². The number of piperidine rings is 1. The minimum atomic E-state index is 0.143. The minimum Gasteiger partial charge on any atom is -0.337 e. The maximum Gasteiger partial charge on any atom is 0.257 e. The fraction of sp³-hybridized carbons (Fsp3) is 0.524. The van der Waals surface area contributed by atoms with E-state index in [1.807, 2.05) is 4.90 Å². The molecule has 4 rings (SSSR count). The van der Waals surface area contributed by atoms with Gasteiger partial charge in [0, 0.05) is 37.9 Å². The first-order valence-corrected chi connectivity index (χ1v) is 9.88. The Morgan fingerprint density at radius 3 is 2.96 bits per heavy atom. The zero-order chi connectivity index (χ0) is 17.9.